The monoisotopic (exact) mass is 285 g/mol. The molecule has 1 N–H and O–H groups in total. The molecule has 0 atom stereocenters. The molecule has 82 valence electrons. The van der Waals surface area contributed by atoms with Gasteiger partial charge in [0.2, 0.25) is 0 Å². The van der Waals surface area contributed by atoms with Crippen LogP contribution in [0, 0.1) is 5.82 Å². The van der Waals surface area contributed by atoms with Crippen LogP contribution < -0.4 is 0 Å². The van der Waals surface area contributed by atoms with Crippen molar-refractivity contribution in [3.63, 3.8) is 0 Å². The Hall–Kier alpha value is -1.76. The number of benzene rings is 1. The summed E-state index contributed by atoms with van der Waals surface area (Å²) in [5.74, 6) is -1.73. The van der Waals surface area contributed by atoms with Crippen molar-refractivity contribution in [1.29, 1.82) is 0 Å². The van der Waals surface area contributed by atoms with E-state index in [1.165, 1.54) is 12.1 Å². The second-order valence-corrected chi connectivity index (χ2v) is 3.78. The van der Waals surface area contributed by atoms with Crippen LogP contribution in [-0.4, -0.2) is 26.1 Å². The Kier molecular flexibility index (Phi) is 2.69. The summed E-state index contributed by atoms with van der Waals surface area (Å²) in [4.78, 5) is 10.6. The van der Waals surface area contributed by atoms with Crippen LogP contribution in [0.1, 0.15) is 10.5 Å². The number of para-hydroxylation sites is 1. The SMILES string of the molecule is O=C(O)c1cn(-c2c(F)cccc2Br)nn1. The zero-order valence-electron chi connectivity index (χ0n) is 7.76. The predicted molar refractivity (Wildman–Crippen MR) is 56.0 cm³/mol. The number of aromatic carboxylic acids is 1. The Morgan fingerprint density at radius 1 is 1.50 bits per heavy atom. The Labute approximate surface area is 97.6 Å². The van der Waals surface area contributed by atoms with E-state index in [1.807, 2.05) is 0 Å². The molecule has 16 heavy (non-hydrogen) atoms. The van der Waals surface area contributed by atoms with Crippen LogP contribution in [0.4, 0.5) is 4.39 Å². The maximum atomic E-state index is 13.5. The Bertz CT molecular complexity index is 535. The fourth-order valence-corrected chi connectivity index (χ4v) is 1.70. The number of hydrogen-bond acceptors (Lipinski definition) is 3. The fourth-order valence-electron chi connectivity index (χ4n) is 1.18. The molecular weight excluding hydrogens is 281 g/mol. The highest BCUT2D eigenvalue weighted by atomic mass is 79.9. The predicted octanol–water partition coefficient (Wildman–Crippen LogP) is 1.87. The molecule has 0 aliphatic carbocycles. The molecule has 0 fully saturated rings. The minimum Gasteiger partial charge on any atom is -0.476 e. The van der Waals surface area contributed by atoms with Gasteiger partial charge >= 0.3 is 5.97 Å². The maximum absolute atomic E-state index is 13.5. The van der Waals surface area contributed by atoms with Gasteiger partial charge in [-0.3, -0.25) is 0 Å². The molecule has 1 aromatic carbocycles. The lowest BCUT2D eigenvalue weighted by Gasteiger charge is -2.03. The Morgan fingerprint density at radius 3 is 2.81 bits per heavy atom. The van der Waals surface area contributed by atoms with Gasteiger partial charge < -0.3 is 5.11 Å². The van der Waals surface area contributed by atoms with E-state index in [2.05, 4.69) is 26.2 Å². The van der Waals surface area contributed by atoms with E-state index in [0.29, 0.717) is 4.47 Å². The average Bonchev–Trinajstić information content (AvgIpc) is 2.66. The molecule has 0 saturated carbocycles. The molecule has 0 amide bonds. The molecule has 0 saturated heterocycles. The van der Waals surface area contributed by atoms with Gasteiger partial charge in [-0.2, -0.15) is 0 Å². The van der Waals surface area contributed by atoms with Crippen molar-refractivity contribution in [2.75, 3.05) is 0 Å². The van der Waals surface area contributed by atoms with Gasteiger partial charge in [-0.25, -0.2) is 13.9 Å². The average molecular weight is 286 g/mol. The molecule has 0 unspecified atom stereocenters. The molecule has 0 aliphatic rings. The van der Waals surface area contributed by atoms with Gasteiger partial charge in [0.05, 0.1) is 6.20 Å². The van der Waals surface area contributed by atoms with E-state index < -0.39 is 11.8 Å². The summed E-state index contributed by atoms with van der Waals surface area (Å²) in [6.45, 7) is 0. The van der Waals surface area contributed by atoms with Crippen LogP contribution >= 0.6 is 15.9 Å². The summed E-state index contributed by atoms with van der Waals surface area (Å²) in [6, 6.07) is 4.40. The largest absolute Gasteiger partial charge is 0.476 e. The van der Waals surface area contributed by atoms with Crippen LogP contribution in [0.15, 0.2) is 28.9 Å². The molecule has 1 heterocycles. The normalized spacial score (nSPS) is 10.4. The van der Waals surface area contributed by atoms with Crippen molar-refractivity contribution in [3.8, 4) is 5.69 Å². The number of aromatic nitrogens is 3. The van der Waals surface area contributed by atoms with Gasteiger partial charge in [0.1, 0.15) is 11.5 Å². The minimum absolute atomic E-state index is 0.127. The first kappa shape index (κ1) is 10.7. The van der Waals surface area contributed by atoms with E-state index in [1.54, 1.807) is 6.07 Å². The quantitative estimate of drug-likeness (QED) is 0.915. The molecule has 2 rings (SSSR count). The topological polar surface area (TPSA) is 68.0 Å². The number of carboxylic acid groups (broad SMARTS) is 1. The molecule has 0 radical (unpaired) electrons. The van der Waals surface area contributed by atoms with Crippen LogP contribution in [0.2, 0.25) is 0 Å². The molecule has 1 aromatic heterocycles. The van der Waals surface area contributed by atoms with E-state index in [9.17, 15) is 9.18 Å². The number of carboxylic acids is 1. The van der Waals surface area contributed by atoms with E-state index in [-0.39, 0.29) is 11.4 Å². The van der Waals surface area contributed by atoms with Crippen LogP contribution in [0.3, 0.4) is 0 Å². The summed E-state index contributed by atoms with van der Waals surface area (Å²) < 4.78 is 15.0. The third-order valence-electron chi connectivity index (χ3n) is 1.88. The van der Waals surface area contributed by atoms with Gasteiger partial charge in [0.25, 0.3) is 0 Å². The molecule has 2 aromatic rings. The minimum atomic E-state index is -1.21. The zero-order valence-corrected chi connectivity index (χ0v) is 9.35. The van der Waals surface area contributed by atoms with Crippen molar-refractivity contribution in [1.82, 2.24) is 15.0 Å². The number of rotatable bonds is 2. The van der Waals surface area contributed by atoms with Gasteiger partial charge in [-0.1, -0.05) is 11.3 Å². The van der Waals surface area contributed by atoms with Crippen molar-refractivity contribution >= 4 is 21.9 Å². The van der Waals surface area contributed by atoms with E-state index >= 15 is 0 Å². The highest BCUT2D eigenvalue weighted by molar-refractivity contribution is 9.10. The van der Waals surface area contributed by atoms with Gasteiger partial charge in [-0.15, -0.1) is 5.10 Å². The number of carbonyl (C=O) groups is 1. The zero-order chi connectivity index (χ0) is 11.7. The summed E-state index contributed by atoms with van der Waals surface area (Å²) in [7, 11) is 0. The molecule has 5 nitrogen and oxygen atoms in total. The first-order chi connectivity index (χ1) is 7.59. The van der Waals surface area contributed by atoms with Gasteiger partial charge in [-0.05, 0) is 28.1 Å². The standard InChI is InChI=1S/C9H5BrFN3O2/c10-5-2-1-3-6(11)8(5)14-4-7(9(15)16)12-13-14/h1-4H,(H,15,16). The lowest BCUT2D eigenvalue weighted by Crippen LogP contribution is -1.99. The van der Waals surface area contributed by atoms with Crippen LogP contribution in [0.5, 0.6) is 0 Å². The highest BCUT2D eigenvalue weighted by Crippen LogP contribution is 2.23. The lowest BCUT2D eigenvalue weighted by atomic mass is 10.3. The third kappa shape index (κ3) is 1.81. The second kappa shape index (κ2) is 4.01. The number of nitrogens with zero attached hydrogens (tertiary/aromatic N) is 3. The summed E-state index contributed by atoms with van der Waals surface area (Å²) >= 11 is 3.15. The van der Waals surface area contributed by atoms with Gasteiger partial charge in [0.15, 0.2) is 5.69 Å². The van der Waals surface area contributed by atoms with Gasteiger partial charge in [0, 0.05) is 4.47 Å². The van der Waals surface area contributed by atoms with Crippen molar-refractivity contribution in [3.05, 3.63) is 40.4 Å². The highest BCUT2D eigenvalue weighted by Gasteiger charge is 2.14. The number of hydrogen-bond donors (Lipinski definition) is 1. The van der Waals surface area contributed by atoms with Crippen LogP contribution in [-0.2, 0) is 0 Å². The second-order valence-electron chi connectivity index (χ2n) is 2.92. The lowest BCUT2D eigenvalue weighted by molar-refractivity contribution is 0.0690. The molecule has 0 aliphatic heterocycles. The van der Waals surface area contributed by atoms with Crippen molar-refractivity contribution in [2.24, 2.45) is 0 Å². The molecule has 7 heteroatoms. The smallest absolute Gasteiger partial charge is 0.358 e. The first-order valence-electron chi connectivity index (χ1n) is 4.19. The Balaban J connectivity index is 2.54. The first-order valence-corrected chi connectivity index (χ1v) is 4.99. The summed E-state index contributed by atoms with van der Waals surface area (Å²) in [5, 5.41) is 15.6. The Morgan fingerprint density at radius 2 is 2.25 bits per heavy atom. The van der Waals surface area contributed by atoms with E-state index in [4.69, 9.17) is 5.11 Å². The summed E-state index contributed by atoms with van der Waals surface area (Å²) in [6.07, 6.45) is 1.14. The summed E-state index contributed by atoms with van der Waals surface area (Å²) in [5.41, 5.74) is -0.113. The van der Waals surface area contributed by atoms with Crippen LogP contribution in [0.25, 0.3) is 5.69 Å². The molecule has 0 spiro atoms. The van der Waals surface area contributed by atoms with Crippen molar-refractivity contribution in [2.45, 2.75) is 0 Å². The fraction of sp³-hybridized carbons (Fsp3) is 0. The van der Waals surface area contributed by atoms with Crippen molar-refractivity contribution < 1.29 is 14.3 Å². The maximum Gasteiger partial charge on any atom is 0.358 e. The van der Waals surface area contributed by atoms with E-state index in [0.717, 1.165) is 10.9 Å². The number of halogens is 2. The third-order valence-corrected chi connectivity index (χ3v) is 2.52. The molecule has 0 bridgehead atoms. The molecular formula is C9H5BrFN3O2.